The van der Waals surface area contributed by atoms with Crippen LogP contribution in [0.15, 0.2) is 12.1 Å². The lowest BCUT2D eigenvalue weighted by Crippen LogP contribution is -2.33. The van der Waals surface area contributed by atoms with Crippen molar-refractivity contribution in [2.75, 3.05) is 21.3 Å². The quantitative estimate of drug-likeness (QED) is 0.472. The van der Waals surface area contributed by atoms with Crippen LogP contribution in [0.5, 0.6) is 11.5 Å². The van der Waals surface area contributed by atoms with E-state index < -0.39 is 0 Å². The van der Waals surface area contributed by atoms with Gasteiger partial charge < -0.3 is 9.47 Å². The summed E-state index contributed by atoms with van der Waals surface area (Å²) in [5, 5.41) is 1.02. The summed E-state index contributed by atoms with van der Waals surface area (Å²) in [6.45, 7) is 1.82. The van der Waals surface area contributed by atoms with E-state index in [0.717, 1.165) is 10.6 Å². The fraction of sp³-hybridized carbons (Fsp3) is 0.364. The minimum atomic E-state index is -0.303. The van der Waals surface area contributed by atoms with E-state index in [1.54, 1.807) is 19.2 Å². The average Bonchev–Trinajstić information content (AvgIpc) is 2.27. The summed E-state index contributed by atoms with van der Waals surface area (Å²) in [4.78, 5) is 11.8. The van der Waals surface area contributed by atoms with Gasteiger partial charge in [-0.3, -0.25) is 9.80 Å². The first-order valence-corrected chi connectivity index (χ1v) is 4.77. The molecule has 1 aromatic rings. The predicted octanol–water partition coefficient (Wildman–Crippen LogP) is 0.958. The summed E-state index contributed by atoms with van der Waals surface area (Å²) in [6, 6.07) is 3.35. The summed E-state index contributed by atoms with van der Waals surface area (Å²) in [5.41, 5.74) is 1.20. The number of carbonyl (C=O) groups excluding carboxylic acids is 1. The highest BCUT2D eigenvalue weighted by Crippen LogP contribution is 2.31. The van der Waals surface area contributed by atoms with Crippen molar-refractivity contribution in [1.82, 2.24) is 5.01 Å². The molecule has 2 N–H and O–H groups in total. The summed E-state index contributed by atoms with van der Waals surface area (Å²) in [7, 11) is 4.56. The van der Waals surface area contributed by atoms with Gasteiger partial charge in [0.25, 0.3) is 5.91 Å². The first-order chi connectivity index (χ1) is 7.52. The number of hydrogen-bond acceptors (Lipinski definition) is 4. The summed E-state index contributed by atoms with van der Waals surface area (Å²) in [6.07, 6.45) is 0. The molecular formula is C11H16N2O3. The fourth-order valence-electron chi connectivity index (χ4n) is 1.52. The Bertz CT molecular complexity index is 402. The number of ether oxygens (including phenoxy) is 2. The van der Waals surface area contributed by atoms with Gasteiger partial charge in [-0.05, 0) is 19.1 Å². The molecule has 88 valence electrons. The van der Waals surface area contributed by atoms with E-state index in [0.29, 0.717) is 17.1 Å². The van der Waals surface area contributed by atoms with Crippen LogP contribution in [0.4, 0.5) is 0 Å². The number of carbonyl (C=O) groups is 1. The Morgan fingerprint density at radius 3 is 2.38 bits per heavy atom. The third-order valence-electron chi connectivity index (χ3n) is 2.33. The Balaban J connectivity index is 3.31. The zero-order valence-corrected chi connectivity index (χ0v) is 9.90. The maximum Gasteiger partial charge on any atom is 0.271 e. The molecule has 0 aliphatic carbocycles. The van der Waals surface area contributed by atoms with E-state index in [1.165, 1.54) is 14.2 Å². The van der Waals surface area contributed by atoms with Gasteiger partial charge in [-0.15, -0.1) is 0 Å². The van der Waals surface area contributed by atoms with Gasteiger partial charge in [0.1, 0.15) is 11.5 Å². The van der Waals surface area contributed by atoms with E-state index in [4.69, 9.17) is 15.3 Å². The normalized spacial score (nSPS) is 9.81. The van der Waals surface area contributed by atoms with E-state index >= 15 is 0 Å². The molecule has 0 fully saturated rings. The number of hydrogen-bond donors (Lipinski definition) is 1. The first kappa shape index (κ1) is 12.3. The van der Waals surface area contributed by atoms with Crippen LogP contribution in [-0.4, -0.2) is 32.2 Å². The topological polar surface area (TPSA) is 64.8 Å². The van der Waals surface area contributed by atoms with E-state index in [2.05, 4.69) is 0 Å². The van der Waals surface area contributed by atoms with Crippen LogP contribution in [0.2, 0.25) is 0 Å². The summed E-state index contributed by atoms with van der Waals surface area (Å²) < 4.78 is 10.4. The molecule has 0 spiro atoms. The first-order valence-electron chi connectivity index (χ1n) is 4.77. The van der Waals surface area contributed by atoms with Gasteiger partial charge in [-0.2, -0.15) is 0 Å². The molecule has 1 amide bonds. The van der Waals surface area contributed by atoms with Crippen LogP contribution < -0.4 is 15.3 Å². The van der Waals surface area contributed by atoms with Gasteiger partial charge >= 0.3 is 0 Å². The van der Waals surface area contributed by atoms with Gasteiger partial charge in [-0.1, -0.05) is 0 Å². The third-order valence-corrected chi connectivity index (χ3v) is 2.33. The molecule has 0 bridgehead atoms. The van der Waals surface area contributed by atoms with Crippen molar-refractivity contribution >= 4 is 5.91 Å². The van der Waals surface area contributed by atoms with Crippen molar-refractivity contribution in [1.29, 1.82) is 0 Å². The Morgan fingerprint density at radius 2 is 1.94 bits per heavy atom. The standard InChI is InChI=1S/C11H16N2O3/c1-7-9(15-3)6-5-8(10(7)16-4)11(14)13(2)12/h5-6H,12H2,1-4H3. The summed E-state index contributed by atoms with van der Waals surface area (Å²) in [5.74, 6) is 6.27. The van der Waals surface area contributed by atoms with Crippen molar-refractivity contribution in [2.45, 2.75) is 6.92 Å². The minimum Gasteiger partial charge on any atom is -0.496 e. The zero-order chi connectivity index (χ0) is 12.3. The predicted molar refractivity (Wildman–Crippen MR) is 60.6 cm³/mol. The highest BCUT2D eigenvalue weighted by Gasteiger charge is 2.18. The van der Waals surface area contributed by atoms with Crippen LogP contribution in [0.1, 0.15) is 15.9 Å². The Morgan fingerprint density at radius 1 is 1.31 bits per heavy atom. The number of nitrogens with zero attached hydrogens (tertiary/aromatic N) is 1. The number of rotatable bonds is 3. The second-order valence-corrected chi connectivity index (χ2v) is 3.39. The molecule has 5 heteroatoms. The molecule has 5 nitrogen and oxygen atoms in total. The molecule has 0 aliphatic rings. The molecule has 0 saturated heterocycles. The molecule has 1 rings (SSSR count). The second kappa shape index (κ2) is 4.85. The Labute approximate surface area is 94.7 Å². The van der Waals surface area contributed by atoms with Crippen LogP contribution in [0.3, 0.4) is 0 Å². The molecule has 0 aliphatic heterocycles. The fourth-order valence-corrected chi connectivity index (χ4v) is 1.52. The van der Waals surface area contributed by atoms with Crippen LogP contribution >= 0.6 is 0 Å². The van der Waals surface area contributed by atoms with Crippen LogP contribution in [0.25, 0.3) is 0 Å². The van der Waals surface area contributed by atoms with Crippen molar-refractivity contribution in [3.05, 3.63) is 23.3 Å². The number of methoxy groups -OCH3 is 2. The number of benzene rings is 1. The third kappa shape index (κ3) is 2.09. The molecule has 0 heterocycles. The van der Waals surface area contributed by atoms with Crippen molar-refractivity contribution in [3.63, 3.8) is 0 Å². The molecule has 1 aromatic carbocycles. The number of amides is 1. The molecule has 0 atom stereocenters. The largest absolute Gasteiger partial charge is 0.496 e. The molecule has 0 aromatic heterocycles. The molecule has 0 unspecified atom stereocenters. The Kier molecular flexibility index (Phi) is 3.73. The van der Waals surface area contributed by atoms with E-state index in [-0.39, 0.29) is 5.91 Å². The SMILES string of the molecule is COc1ccc(C(=O)N(C)N)c(OC)c1C. The van der Waals surface area contributed by atoms with Crippen molar-refractivity contribution < 1.29 is 14.3 Å². The molecular weight excluding hydrogens is 208 g/mol. The van der Waals surface area contributed by atoms with E-state index in [1.807, 2.05) is 6.92 Å². The van der Waals surface area contributed by atoms with Crippen LogP contribution in [-0.2, 0) is 0 Å². The van der Waals surface area contributed by atoms with Gasteiger partial charge in [0.05, 0.1) is 19.8 Å². The summed E-state index contributed by atoms with van der Waals surface area (Å²) >= 11 is 0. The number of hydrazine groups is 1. The van der Waals surface area contributed by atoms with Gasteiger partial charge in [0.2, 0.25) is 0 Å². The number of nitrogens with two attached hydrogens (primary N) is 1. The maximum atomic E-state index is 11.8. The monoisotopic (exact) mass is 224 g/mol. The van der Waals surface area contributed by atoms with Gasteiger partial charge in [-0.25, -0.2) is 5.84 Å². The molecule has 0 radical (unpaired) electrons. The second-order valence-electron chi connectivity index (χ2n) is 3.39. The lowest BCUT2D eigenvalue weighted by molar-refractivity contribution is 0.0791. The molecule has 0 saturated carbocycles. The van der Waals surface area contributed by atoms with Crippen LogP contribution in [0, 0.1) is 6.92 Å². The highest BCUT2D eigenvalue weighted by molar-refractivity contribution is 5.97. The Hall–Kier alpha value is -1.75. The lowest BCUT2D eigenvalue weighted by Gasteiger charge is -2.16. The maximum absolute atomic E-state index is 11.8. The smallest absolute Gasteiger partial charge is 0.271 e. The van der Waals surface area contributed by atoms with Crippen molar-refractivity contribution in [2.24, 2.45) is 5.84 Å². The van der Waals surface area contributed by atoms with Gasteiger partial charge in [0, 0.05) is 12.6 Å². The molecule has 16 heavy (non-hydrogen) atoms. The zero-order valence-electron chi connectivity index (χ0n) is 9.90. The van der Waals surface area contributed by atoms with Gasteiger partial charge in [0.15, 0.2) is 0 Å². The lowest BCUT2D eigenvalue weighted by atomic mass is 10.1. The minimum absolute atomic E-state index is 0.303. The van der Waals surface area contributed by atoms with Crippen molar-refractivity contribution in [3.8, 4) is 11.5 Å². The van der Waals surface area contributed by atoms with E-state index in [9.17, 15) is 4.79 Å². The highest BCUT2D eigenvalue weighted by atomic mass is 16.5. The average molecular weight is 224 g/mol.